The van der Waals surface area contributed by atoms with Crippen molar-refractivity contribution in [2.45, 2.75) is 31.6 Å². The molecule has 1 aliphatic rings. The number of piperidine rings is 1. The first-order valence-electron chi connectivity index (χ1n) is 9.52. The molecule has 1 atom stereocenters. The van der Waals surface area contributed by atoms with Crippen LogP contribution in [0, 0.1) is 5.82 Å². The fourth-order valence-corrected chi connectivity index (χ4v) is 3.57. The van der Waals surface area contributed by atoms with Gasteiger partial charge >= 0.3 is 0 Å². The van der Waals surface area contributed by atoms with E-state index in [1.54, 1.807) is 19.2 Å². The largest absolute Gasteiger partial charge is 0.385 e. The summed E-state index contributed by atoms with van der Waals surface area (Å²) in [5.41, 5.74) is 0.208. The van der Waals surface area contributed by atoms with Gasteiger partial charge in [0.05, 0.1) is 5.41 Å². The molecule has 1 aromatic carbocycles. The fraction of sp³-hybridized carbons (Fsp3) is 0.550. The summed E-state index contributed by atoms with van der Waals surface area (Å²) in [6.07, 6.45) is 2.34. The lowest BCUT2D eigenvalue weighted by atomic mass is 9.76. The maximum absolute atomic E-state index is 13.2. The second kappa shape index (κ2) is 9.25. The molecule has 3 rings (SSSR count). The van der Waals surface area contributed by atoms with Crippen molar-refractivity contribution in [2.75, 3.05) is 40.0 Å². The number of ether oxygens (including phenoxy) is 2. The maximum Gasteiger partial charge on any atom is 0.257 e. The van der Waals surface area contributed by atoms with Crippen molar-refractivity contribution in [2.24, 2.45) is 0 Å². The van der Waals surface area contributed by atoms with Gasteiger partial charge in [0.25, 0.3) is 5.89 Å². The third-order valence-electron chi connectivity index (χ3n) is 5.14. The van der Waals surface area contributed by atoms with Gasteiger partial charge in [-0.1, -0.05) is 5.16 Å². The first-order valence-corrected chi connectivity index (χ1v) is 9.52. The van der Waals surface area contributed by atoms with Gasteiger partial charge in [-0.05, 0) is 50.5 Å². The maximum atomic E-state index is 13.2. The van der Waals surface area contributed by atoms with Crippen molar-refractivity contribution in [3.8, 4) is 11.5 Å². The number of methoxy groups -OCH3 is 1. The van der Waals surface area contributed by atoms with Gasteiger partial charge in [-0.15, -0.1) is 0 Å². The van der Waals surface area contributed by atoms with Crippen molar-refractivity contribution in [1.82, 2.24) is 15.0 Å². The molecule has 8 heteroatoms. The summed E-state index contributed by atoms with van der Waals surface area (Å²) in [5.74, 6) is 0.531. The highest BCUT2D eigenvalue weighted by Gasteiger charge is 2.42. The first-order chi connectivity index (χ1) is 13.6. The lowest BCUT2D eigenvalue weighted by Crippen LogP contribution is -2.50. The Kier molecular flexibility index (Phi) is 6.74. The van der Waals surface area contributed by atoms with Crippen molar-refractivity contribution in [3.05, 3.63) is 35.9 Å². The molecule has 28 heavy (non-hydrogen) atoms. The van der Waals surface area contributed by atoms with E-state index in [1.807, 2.05) is 11.8 Å². The van der Waals surface area contributed by atoms with Crippen LogP contribution in [0.2, 0.25) is 0 Å². The SMILES string of the molecule is CCOCC(=O)N1CCCC(CCOC)(c2noc(-c3ccc(F)cc3)n2)C1. The van der Waals surface area contributed by atoms with Crippen molar-refractivity contribution in [3.63, 3.8) is 0 Å². The monoisotopic (exact) mass is 391 g/mol. The van der Waals surface area contributed by atoms with Crippen LogP contribution in [-0.2, 0) is 19.7 Å². The molecule has 1 aliphatic heterocycles. The number of aromatic nitrogens is 2. The lowest BCUT2D eigenvalue weighted by molar-refractivity contribution is -0.138. The van der Waals surface area contributed by atoms with E-state index in [0.717, 1.165) is 12.8 Å². The van der Waals surface area contributed by atoms with Gasteiger partial charge in [-0.25, -0.2) is 4.39 Å². The second-order valence-corrected chi connectivity index (χ2v) is 7.01. The summed E-state index contributed by atoms with van der Waals surface area (Å²) in [6.45, 7) is 4.13. The van der Waals surface area contributed by atoms with E-state index in [2.05, 4.69) is 10.1 Å². The van der Waals surface area contributed by atoms with E-state index in [4.69, 9.17) is 14.0 Å². The number of hydrogen-bond acceptors (Lipinski definition) is 6. The van der Waals surface area contributed by atoms with Gasteiger partial charge in [-0.3, -0.25) is 4.79 Å². The van der Waals surface area contributed by atoms with Crippen LogP contribution in [0.1, 0.15) is 32.0 Å². The Hall–Kier alpha value is -2.32. The summed E-state index contributed by atoms with van der Waals surface area (Å²) < 4.78 is 29.2. The number of carbonyl (C=O) groups is 1. The van der Waals surface area contributed by atoms with Crippen molar-refractivity contribution < 1.29 is 23.2 Å². The summed E-state index contributed by atoms with van der Waals surface area (Å²) >= 11 is 0. The third-order valence-corrected chi connectivity index (χ3v) is 5.14. The molecule has 0 saturated carbocycles. The average Bonchev–Trinajstić information content (AvgIpc) is 3.22. The summed E-state index contributed by atoms with van der Waals surface area (Å²) in [4.78, 5) is 18.9. The highest BCUT2D eigenvalue weighted by atomic mass is 19.1. The second-order valence-electron chi connectivity index (χ2n) is 7.01. The van der Waals surface area contributed by atoms with E-state index in [-0.39, 0.29) is 18.3 Å². The van der Waals surface area contributed by atoms with Crippen LogP contribution in [-0.4, -0.2) is 61.0 Å². The summed E-state index contributed by atoms with van der Waals surface area (Å²) in [5, 5.41) is 4.22. The van der Waals surface area contributed by atoms with Crippen molar-refractivity contribution in [1.29, 1.82) is 0 Å². The standard InChI is InChI=1S/C20H26FN3O4/c1-3-27-13-17(25)24-11-4-9-20(14-24,10-12-26-2)19-22-18(28-23-19)15-5-7-16(21)8-6-15/h5-8H,3-4,9-14H2,1-2H3. The van der Waals surface area contributed by atoms with E-state index in [0.29, 0.717) is 50.0 Å². The fourth-order valence-electron chi connectivity index (χ4n) is 3.57. The zero-order valence-corrected chi connectivity index (χ0v) is 16.3. The predicted octanol–water partition coefficient (Wildman–Crippen LogP) is 2.81. The number of likely N-dealkylation sites (tertiary alicyclic amines) is 1. The lowest BCUT2D eigenvalue weighted by Gasteiger charge is -2.40. The summed E-state index contributed by atoms with van der Waals surface area (Å²) in [7, 11) is 1.65. The molecule has 1 fully saturated rings. The Balaban J connectivity index is 1.85. The molecule has 2 heterocycles. The molecule has 152 valence electrons. The van der Waals surface area contributed by atoms with Crippen molar-refractivity contribution >= 4 is 5.91 Å². The van der Waals surface area contributed by atoms with E-state index < -0.39 is 5.41 Å². The summed E-state index contributed by atoms with van der Waals surface area (Å²) in [6, 6.07) is 5.92. The zero-order valence-electron chi connectivity index (χ0n) is 16.3. The Morgan fingerprint density at radius 3 is 2.86 bits per heavy atom. The van der Waals surface area contributed by atoms with Gasteiger partial charge in [0, 0.05) is 39.0 Å². The molecule has 1 amide bonds. The van der Waals surface area contributed by atoms with Crippen LogP contribution in [0.4, 0.5) is 4.39 Å². The number of rotatable bonds is 8. The van der Waals surface area contributed by atoms with Gasteiger partial charge in [0.15, 0.2) is 5.82 Å². The zero-order chi connectivity index (χ0) is 20.0. The molecule has 1 unspecified atom stereocenters. The van der Waals surface area contributed by atoms with Gasteiger partial charge in [-0.2, -0.15) is 4.98 Å². The minimum Gasteiger partial charge on any atom is -0.385 e. The molecule has 7 nitrogen and oxygen atoms in total. The minimum absolute atomic E-state index is 0.0365. The van der Waals surface area contributed by atoms with E-state index in [9.17, 15) is 9.18 Å². The third kappa shape index (κ3) is 4.56. The molecule has 1 saturated heterocycles. The van der Waals surface area contributed by atoms with Gasteiger partial charge in [0.2, 0.25) is 5.91 Å². The molecule has 0 N–H and O–H groups in total. The molecule has 0 spiro atoms. The van der Waals surface area contributed by atoms with Crippen LogP contribution in [0.25, 0.3) is 11.5 Å². The smallest absolute Gasteiger partial charge is 0.257 e. The molecule has 0 bridgehead atoms. The molecular formula is C20H26FN3O4. The number of carbonyl (C=O) groups excluding carboxylic acids is 1. The number of amides is 1. The Bertz CT molecular complexity index is 780. The number of benzene rings is 1. The normalized spacial score (nSPS) is 19.8. The van der Waals surface area contributed by atoms with Crippen LogP contribution in [0.3, 0.4) is 0 Å². The topological polar surface area (TPSA) is 77.7 Å². The van der Waals surface area contributed by atoms with E-state index >= 15 is 0 Å². The Labute approximate surface area is 163 Å². The molecule has 1 aromatic heterocycles. The minimum atomic E-state index is -0.447. The molecule has 0 aliphatic carbocycles. The van der Waals surface area contributed by atoms with Gasteiger partial charge < -0.3 is 18.9 Å². The van der Waals surface area contributed by atoms with Crippen LogP contribution in [0.5, 0.6) is 0 Å². The predicted molar refractivity (Wildman–Crippen MR) is 100 cm³/mol. The number of nitrogens with zero attached hydrogens (tertiary/aromatic N) is 3. The highest BCUT2D eigenvalue weighted by molar-refractivity contribution is 5.77. The molecule has 0 radical (unpaired) electrons. The van der Waals surface area contributed by atoms with Gasteiger partial charge in [0.1, 0.15) is 12.4 Å². The molecular weight excluding hydrogens is 365 g/mol. The average molecular weight is 391 g/mol. The van der Waals surface area contributed by atoms with Crippen LogP contribution < -0.4 is 0 Å². The Morgan fingerprint density at radius 2 is 2.14 bits per heavy atom. The number of hydrogen-bond donors (Lipinski definition) is 0. The Morgan fingerprint density at radius 1 is 1.36 bits per heavy atom. The molecule has 2 aromatic rings. The quantitative estimate of drug-likeness (QED) is 0.689. The number of halogens is 1. The van der Waals surface area contributed by atoms with Crippen LogP contribution in [0.15, 0.2) is 28.8 Å². The first kappa shape index (κ1) is 20.4. The van der Waals surface area contributed by atoms with E-state index in [1.165, 1.54) is 12.1 Å². The highest BCUT2D eigenvalue weighted by Crippen LogP contribution is 2.36. The van der Waals surface area contributed by atoms with Crippen LogP contribution >= 0.6 is 0 Å².